The maximum absolute atomic E-state index is 13.6. The molecule has 20 heavy (non-hydrogen) atoms. The summed E-state index contributed by atoms with van der Waals surface area (Å²) >= 11 is 0. The maximum Gasteiger partial charge on any atom is 0.126 e. The molecule has 2 rings (SSSR count). The van der Waals surface area contributed by atoms with Crippen molar-refractivity contribution in [2.24, 2.45) is 0 Å². The summed E-state index contributed by atoms with van der Waals surface area (Å²) in [6.07, 6.45) is 1.32. The van der Waals surface area contributed by atoms with Crippen LogP contribution < -0.4 is 5.32 Å². The highest BCUT2D eigenvalue weighted by Gasteiger charge is 2.12. The zero-order valence-corrected chi connectivity index (χ0v) is 11.6. The Kier molecular flexibility index (Phi) is 5.24. The van der Waals surface area contributed by atoms with Crippen molar-refractivity contribution in [3.63, 3.8) is 0 Å². The van der Waals surface area contributed by atoms with Gasteiger partial charge in [-0.1, -0.05) is 30.3 Å². The predicted molar refractivity (Wildman–Crippen MR) is 77.8 cm³/mol. The van der Waals surface area contributed by atoms with E-state index in [1.165, 1.54) is 17.7 Å². The first-order valence-electron chi connectivity index (χ1n) is 6.84. The topological polar surface area (TPSA) is 12.0 Å². The number of hydrogen-bond acceptors (Lipinski definition) is 1. The first-order valence-corrected chi connectivity index (χ1v) is 6.84. The van der Waals surface area contributed by atoms with Gasteiger partial charge in [-0.25, -0.2) is 8.78 Å². The maximum atomic E-state index is 13.6. The van der Waals surface area contributed by atoms with Gasteiger partial charge in [0.1, 0.15) is 11.6 Å². The van der Waals surface area contributed by atoms with Gasteiger partial charge in [-0.2, -0.15) is 0 Å². The minimum atomic E-state index is -0.383. The Labute approximate surface area is 118 Å². The SMILES string of the molecule is CNCC(CCc1cc(F)ccc1F)c1ccccc1. The summed E-state index contributed by atoms with van der Waals surface area (Å²) in [6, 6.07) is 13.8. The smallest absolute Gasteiger partial charge is 0.126 e. The van der Waals surface area contributed by atoms with Crippen LogP contribution in [0.15, 0.2) is 48.5 Å². The second kappa shape index (κ2) is 7.15. The first kappa shape index (κ1) is 14.7. The van der Waals surface area contributed by atoms with Crippen molar-refractivity contribution in [2.45, 2.75) is 18.8 Å². The van der Waals surface area contributed by atoms with Crippen molar-refractivity contribution < 1.29 is 8.78 Å². The van der Waals surface area contributed by atoms with Crippen LogP contribution in [0.25, 0.3) is 0 Å². The summed E-state index contributed by atoms with van der Waals surface area (Å²) in [6.45, 7) is 0.820. The molecule has 2 aromatic carbocycles. The Morgan fingerprint density at radius 3 is 2.50 bits per heavy atom. The van der Waals surface area contributed by atoms with E-state index < -0.39 is 0 Å². The Morgan fingerprint density at radius 2 is 1.80 bits per heavy atom. The lowest BCUT2D eigenvalue weighted by molar-refractivity contribution is 0.552. The molecule has 0 spiro atoms. The summed E-state index contributed by atoms with van der Waals surface area (Å²) in [5.41, 5.74) is 1.67. The highest BCUT2D eigenvalue weighted by molar-refractivity contribution is 5.22. The van der Waals surface area contributed by atoms with E-state index in [4.69, 9.17) is 0 Å². The van der Waals surface area contributed by atoms with Crippen molar-refractivity contribution in [3.05, 3.63) is 71.3 Å². The van der Waals surface area contributed by atoms with Crippen LogP contribution in [0.1, 0.15) is 23.5 Å². The van der Waals surface area contributed by atoms with E-state index in [1.807, 2.05) is 25.2 Å². The van der Waals surface area contributed by atoms with Crippen LogP contribution in [-0.2, 0) is 6.42 Å². The minimum Gasteiger partial charge on any atom is -0.319 e. The minimum absolute atomic E-state index is 0.295. The zero-order chi connectivity index (χ0) is 14.4. The average Bonchev–Trinajstić information content (AvgIpc) is 2.47. The van der Waals surface area contributed by atoms with Gasteiger partial charge in [0.15, 0.2) is 0 Å². The lowest BCUT2D eigenvalue weighted by atomic mass is 9.92. The number of hydrogen-bond donors (Lipinski definition) is 1. The van der Waals surface area contributed by atoms with E-state index in [9.17, 15) is 8.78 Å². The van der Waals surface area contributed by atoms with Crippen LogP contribution in [0.5, 0.6) is 0 Å². The van der Waals surface area contributed by atoms with E-state index in [0.717, 1.165) is 19.0 Å². The van der Waals surface area contributed by atoms with Crippen molar-refractivity contribution in [2.75, 3.05) is 13.6 Å². The molecule has 1 N–H and O–H groups in total. The number of nitrogens with one attached hydrogen (secondary N) is 1. The fourth-order valence-electron chi connectivity index (χ4n) is 2.42. The largest absolute Gasteiger partial charge is 0.319 e. The van der Waals surface area contributed by atoms with Gasteiger partial charge in [-0.15, -0.1) is 0 Å². The predicted octanol–water partition coefficient (Wildman–Crippen LogP) is 3.90. The Morgan fingerprint density at radius 1 is 1.05 bits per heavy atom. The number of likely N-dealkylation sites (N-methyl/N-ethyl adjacent to an activating group) is 1. The Hall–Kier alpha value is -1.74. The fraction of sp³-hybridized carbons (Fsp3) is 0.294. The van der Waals surface area contributed by atoms with Gasteiger partial charge in [0.25, 0.3) is 0 Å². The number of aryl methyl sites for hydroxylation is 1. The highest BCUT2D eigenvalue weighted by Crippen LogP contribution is 2.22. The molecule has 1 atom stereocenters. The van der Waals surface area contributed by atoms with Crippen LogP contribution in [0.3, 0.4) is 0 Å². The molecule has 0 bridgehead atoms. The van der Waals surface area contributed by atoms with Gasteiger partial charge in [-0.05, 0) is 55.1 Å². The van der Waals surface area contributed by atoms with Crippen LogP contribution in [-0.4, -0.2) is 13.6 Å². The number of benzene rings is 2. The third-order valence-electron chi connectivity index (χ3n) is 3.49. The third-order valence-corrected chi connectivity index (χ3v) is 3.49. The van der Waals surface area contributed by atoms with E-state index >= 15 is 0 Å². The molecule has 0 heterocycles. The quantitative estimate of drug-likeness (QED) is 0.843. The standard InChI is InChI=1S/C17H19F2N/c1-20-12-15(13-5-3-2-4-6-13)8-7-14-11-16(18)9-10-17(14)19/h2-6,9-11,15,20H,7-8,12H2,1H3. The molecule has 0 saturated heterocycles. The molecule has 0 amide bonds. The molecular weight excluding hydrogens is 256 g/mol. The molecule has 3 heteroatoms. The summed E-state index contributed by atoms with van der Waals surface area (Å²) < 4.78 is 26.8. The van der Waals surface area contributed by atoms with Gasteiger partial charge >= 0.3 is 0 Å². The molecule has 1 nitrogen and oxygen atoms in total. The van der Waals surface area contributed by atoms with Gasteiger partial charge < -0.3 is 5.32 Å². The number of rotatable bonds is 6. The molecule has 0 aliphatic rings. The van der Waals surface area contributed by atoms with Crippen molar-refractivity contribution in [3.8, 4) is 0 Å². The second-order valence-corrected chi connectivity index (χ2v) is 4.94. The van der Waals surface area contributed by atoms with Gasteiger partial charge in [0, 0.05) is 6.54 Å². The first-order chi connectivity index (χ1) is 9.70. The Balaban J connectivity index is 2.07. The Bertz CT molecular complexity index is 540. The molecule has 0 aliphatic heterocycles. The lowest BCUT2D eigenvalue weighted by Gasteiger charge is -2.17. The molecule has 0 radical (unpaired) electrons. The highest BCUT2D eigenvalue weighted by atomic mass is 19.1. The van der Waals surface area contributed by atoms with Crippen molar-refractivity contribution in [1.29, 1.82) is 0 Å². The van der Waals surface area contributed by atoms with Crippen molar-refractivity contribution in [1.82, 2.24) is 5.32 Å². The third kappa shape index (κ3) is 3.87. The van der Waals surface area contributed by atoms with Crippen LogP contribution in [0, 0.1) is 11.6 Å². The summed E-state index contributed by atoms with van der Waals surface area (Å²) in [7, 11) is 1.90. The van der Waals surface area contributed by atoms with E-state index in [-0.39, 0.29) is 11.6 Å². The van der Waals surface area contributed by atoms with Crippen LogP contribution in [0.4, 0.5) is 8.78 Å². The monoisotopic (exact) mass is 275 g/mol. The van der Waals surface area contributed by atoms with Crippen molar-refractivity contribution >= 4 is 0 Å². The normalized spacial score (nSPS) is 12.3. The summed E-state index contributed by atoms with van der Waals surface area (Å²) in [5, 5.41) is 3.16. The van der Waals surface area contributed by atoms with E-state index in [1.54, 1.807) is 0 Å². The molecule has 0 aromatic heterocycles. The fourth-order valence-corrected chi connectivity index (χ4v) is 2.42. The molecule has 106 valence electrons. The summed E-state index contributed by atoms with van der Waals surface area (Å²) in [5.74, 6) is -0.419. The molecule has 0 aliphatic carbocycles. The second-order valence-electron chi connectivity index (χ2n) is 4.94. The van der Waals surface area contributed by atoms with Crippen LogP contribution in [0.2, 0.25) is 0 Å². The van der Waals surface area contributed by atoms with Gasteiger partial charge in [0.2, 0.25) is 0 Å². The molecule has 0 fully saturated rings. The molecule has 0 saturated carbocycles. The van der Waals surface area contributed by atoms with E-state index in [0.29, 0.717) is 17.9 Å². The van der Waals surface area contributed by atoms with E-state index in [2.05, 4.69) is 17.4 Å². The number of halogens is 2. The van der Waals surface area contributed by atoms with Gasteiger partial charge in [-0.3, -0.25) is 0 Å². The average molecular weight is 275 g/mol. The molecule has 1 unspecified atom stereocenters. The van der Waals surface area contributed by atoms with Gasteiger partial charge in [0.05, 0.1) is 0 Å². The molecular formula is C17H19F2N. The van der Waals surface area contributed by atoms with Crippen LogP contribution >= 0.6 is 0 Å². The molecule has 2 aromatic rings. The zero-order valence-electron chi connectivity index (χ0n) is 11.6. The summed E-state index contributed by atoms with van der Waals surface area (Å²) in [4.78, 5) is 0. The lowest BCUT2D eigenvalue weighted by Crippen LogP contribution is -2.18.